The van der Waals surface area contributed by atoms with Crippen LogP contribution in [0.4, 0.5) is 4.39 Å². The summed E-state index contributed by atoms with van der Waals surface area (Å²) in [6.45, 7) is 13.8. The molecule has 1 aliphatic heterocycles. The number of para-hydroxylation sites is 2. The number of aromatic nitrogens is 5. The van der Waals surface area contributed by atoms with Gasteiger partial charge in [-0.2, -0.15) is 0 Å². The Morgan fingerprint density at radius 2 is 1.31 bits per heavy atom. The first kappa shape index (κ1) is 45.0. The number of carbonyl (C=O) groups excluding carboxylic acids is 2. The third-order valence-corrected chi connectivity index (χ3v) is 14.4. The Labute approximate surface area is 394 Å². The van der Waals surface area contributed by atoms with E-state index >= 15 is 0 Å². The number of hydrogen-bond acceptors (Lipinski definition) is 8. The molecule has 0 spiro atoms. The Morgan fingerprint density at radius 3 is 1.90 bits per heavy atom. The van der Waals surface area contributed by atoms with E-state index in [-0.39, 0.29) is 28.9 Å². The summed E-state index contributed by atoms with van der Waals surface area (Å²) in [7, 11) is 0. The second kappa shape index (κ2) is 18.7. The standard InChI is InChI=1S/C55H57FN8O4/c1-36(2)59-26-24-58(25-27-59)31-39-16-18-40(19-17-39)41-10-9-11-47(28-41)63-53-50(29-44(56)30-57-53)54(67)64(55(63)68)46-22-20-45(21-23-46)60(32-42-34-61(37(3)65)51-14-7-5-12-48(42)51)33-43-35-62(38(4)66)52-15-8-6-13-49(43)52/h5-19,28-30,34-36,45-46H,20-27,31-33H2,1-4H3/t45-,46+. The normalized spacial score (nSPS) is 17.3. The minimum atomic E-state index is -0.654. The van der Waals surface area contributed by atoms with E-state index in [2.05, 4.69) is 57.8 Å². The maximum absolute atomic E-state index is 15.0. The molecule has 0 atom stereocenters. The molecule has 5 heterocycles. The quantitative estimate of drug-likeness (QED) is 0.126. The zero-order chi connectivity index (χ0) is 47.2. The van der Waals surface area contributed by atoms with E-state index in [0.29, 0.717) is 50.5 Å². The van der Waals surface area contributed by atoms with Crippen LogP contribution in [0, 0.1) is 5.82 Å². The number of carbonyl (C=O) groups is 2. The Morgan fingerprint density at radius 1 is 0.706 bits per heavy atom. The van der Waals surface area contributed by atoms with Crippen molar-refractivity contribution in [1.82, 2.24) is 38.0 Å². The fourth-order valence-corrected chi connectivity index (χ4v) is 10.8. The molecule has 2 aliphatic rings. The Balaban J connectivity index is 0.952. The number of piperazine rings is 1. The summed E-state index contributed by atoms with van der Waals surface area (Å²) in [6, 6.07) is 33.3. The zero-order valence-electron chi connectivity index (χ0n) is 39.1. The van der Waals surface area contributed by atoms with Gasteiger partial charge in [0.25, 0.3) is 5.56 Å². The van der Waals surface area contributed by atoms with E-state index in [1.54, 1.807) is 23.0 Å². The molecule has 4 aromatic carbocycles. The monoisotopic (exact) mass is 912 g/mol. The number of benzene rings is 4. The largest absolute Gasteiger partial charge is 0.337 e. The summed E-state index contributed by atoms with van der Waals surface area (Å²) in [5.74, 6) is -0.805. The Kier molecular flexibility index (Phi) is 12.4. The van der Waals surface area contributed by atoms with Crippen LogP contribution in [0.2, 0.25) is 0 Å². The molecule has 0 radical (unpaired) electrons. The van der Waals surface area contributed by atoms with Crippen LogP contribution in [0.15, 0.2) is 131 Å². The van der Waals surface area contributed by atoms with Crippen molar-refractivity contribution >= 4 is 44.7 Å². The minimum absolute atomic E-state index is 0.0285. The Bertz CT molecular complexity index is 3220. The van der Waals surface area contributed by atoms with E-state index in [1.165, 1.54) is 20.8 Å². The second-order valence-corrected chi connectivity index (χ2v) is 19.0. The lowest BCUT2D eigenvalue weighted by Gasteiger charge is -2.37. The highest BCUT2D eigenvalue weighted by molar-refractivity contribution is 5.94. The van der Waals surface area contributed by atoms with Crippen molar-refractivity contribution in [2.75, 3.05) is 26.2 Å². The number of hydrogen-bond donors (Lipinski definition) is 0. The average molecular weight is 913 g/mol. The van der Waals surface area contributed by atoms with Crippen LogP contribution in [0.25, 0.3) is 49.7 Å². The molecule has 12 nitrogen and oxygen atoms in total. The molecule has 10 rings (SSSR count). The molecule has 68 heavy (non-hydrogen) atoms. The van der Waals surface area contributed by atoms with Gasteiger partial charge in [-0.25, -0.2) is 18.7 Å². The molecule has 8 aromatic rings. The van der Waals surface area contributed by atoms with E-state index in [4.69, 9.17) is 0 Å². The van der Waals surface area contributed by atoms with Crippen LogP contribution in [-0.2, 0) is 19.6 Å². The topological polar surface area (TPSA) is 111 Å². The highest BCUT2D eigenvalue weighted by atomic mass is 19.1. The van der Waals surface area contributed by atoms with E-state index in [1.807, 2.05) is 85.2 Å². The predicted octanol–water partition coefficient (Wildman–Crippen LogP) is 9.30. The lowest BCUT2D eigenvalue weighted by Crippen LogP contribution is -2.48. The molecule has 13 heteroatoms. The van der Waals surface area contributed by atoms with Gasteiger partial charge in [0.1, 0.15) is 5.82 Å². The molecule has 0 N–H and O–H groups in total. The first-order valence-electron chi connectivity index (χ1n) is 23.8. The summed E-state index contributed by atoms with van der Waals surface area (Å²) < 4.78 is 21.1. The van der Waals surface area contributed by atoms with E-state index in [0.717, 1.165) is 83.0 Å². The predicted molar refractivity (Wildman–Crippen MR) is 266 cm³/mol. The molecule has 348 valence electrons. The first-order valence-corrected chi connectivity index (χ1v) is 23.8. The van der Waals surface area contributed by atoms with Crippen molar-refractivity contribution in [2.45, 2.75) is 91.1 Å². The van der Waals surface area contributed by atoms with Crippen LogP contribution in [0.3, 0.4) is 0 Å². The van der Waals surface area contributed by atoms with Crippen LogP contribution < -0.4 is 11.2 Å². The lowest BCUT2D eigenvalue weighted by atomic mass is 9.89. The van der Waals surface area contributed by atoms with Gasteiger partial charge in [0.15, 0.2) is 5.65 Å². The van der Waals surface area contributed by atoms with Gasteiger partial charge in [-0.05, 0) is 97.7 Å². The van der Waals surface area contributed by atoms with E-state index < -0.39 is 23.1 Å². The molecular formula is C55H57FN8O4. The molecule has 0 bridgehead atoms. The maximum Gasteiger partial charge on any atom is 0.337 e. The number of rotatable bonds is 11. The van der Waals surface area contributed by atoms with E-state index in [9.17, 15) is 23.6 Å². The minimum Gasteiger partial charge on any atom is -0.298 e. The molecular weight excluding hydrogens is 856 g/mol. The van der Waals surface area contributed by atoms with Crippen molar-refractivity contribution in [3.8, 4) is 16.8 Å². The van der Waals surface area contributed by atoms with Crippen molar-refractivity contribution in [1.29, 1.82) is 0 Å². The van der Waals surface area contributed by atoms with Crippen molar-refractivity contribution in [3.63, 3.8) is 0 Å². The second-order valence-electron chi connectivity index (χ2n) is 19.0. The number of nitrogens with zero attached hydrogens (tertiary/aromatic N) is 8. The molecule has 4 aromatic heterocycles. The highest BCUT2D eigenvalue weighted by Crippen LogP contribution is 2.35. The van der Waals surface area contributed by atoms with Gasteiger partial charge in [0, 0.05) is 101 Å². The van der Waals surface area contributed by atoms with Gasteiger partial charge in [-0.15, -0.1) is 0 Å². The summed E-state index contributed by atoms with van der Waals surface area (Å²) in [4.78, 5) is 66.7. The summed E-state index contributed by atoms with van der Waals surface area (Å²) in [5, 5.41) is 2.02. The molecule has 1 aliphatic carbocycles. The van der Waals surface area contributed by atoms with Crippen molar-refractivity contribution < 1.29 is 14.0 Å². The summed E-state index contributed by atoms with van der Waals surface area (Å²) in [5.41, 5.74) is 6.40. The van der Waals surface area contributed by atoms with Crippen LogP contribution in [-0.4, -0.2) is 88.0 Å². The third kappa shape index (κ3) is 8.66. The fourth-order valence-electron chi connectivity index (χ4n) is 10.8. The van der Waals surface area contributed by atoms with Crippen LogP contribution >= 0.6 is 0 Å². The fraction of sp³-hybridized carbons (Fsp3) is 0.327. The highest BCUT2D eigenvalue weighted by Gasteiger charge is 2.32. The molecule has 0 amide bonds. The maximum atomic E-state index is 15.0. The SMILES string of the molecule is CC(=O)n1cc(CN(Cc2cn(C(C)=O)c3ccccc23)[C@H]2CC[C@@H](n3c(=O)c4cc(F)cnc4n(-c4cccc(-c5ccc(CN6CCN(C(C)C)CC6)cc5)c4)c3=O)CC2)c2ccccc21. The smallest absolute Gasteiger partial charge is 0.298 e. The van der Waals surface area contributed by atoms with Crippen molar-refractivity contribution in [3.05, 3.63) is 165 Å². The summed E-state index contributed by atoms with van der Waals surface area (Å²) in [6.07, 6.45) is 7.27. The molecule has 1 saturated heterocycles. The number of pyridine rings is 1. The first-order chi connectivity index (χ1) is 32.9. The van der Waals surface area contributed by atoms with Crippen LogP contribution in [0.5, 0.6) is 0 Å². The number of halogens is 1. The van der Waals surface area contributed by atoms with Gasteiger partial charge >= 0.3 is 5.69 Å². The third-order valence-electron chi connectivity index (χ3n) is 14.4. The zero-order valence-corrected chi connectivity index (χ0v) is 39.1. The van der Waals surface area contributed by atoms with Gasteiger partial charge in [-0.3, -0.25) is 42.8 Å². The lowest BCUT2D eigenvalue weighted by molar-refractivity contribution is 0.0933. The molecule has 2 fully saturated rings. The number of fused-ring (bicyclic) bond motifs is 3. The molecule has 0 unspecified atom stereocenters. The Hall–Kier alpha value is -6.80. The van der Waals surface area contributed by atoms with Crippen molar-refractivity contribution in [2.24, 2.45) is 0 Å². The molecule has 1 saturated carbocycles. The van der Waals surface area contributed by atoms with Gasteiger partial charge in [0.2, 0.25) is 11.8 Å². The van der Waals surface area contributed by atoms with Gasteiger partial charge in [-0.1, -0.05) is 72.8 Å². The van der Waals surface area contributed by atoms with Crippen LogP contribution in [0.1, 0.15) is 85.7 Å². The van der Waals surface area contributed by atoms with Gasteiger partial charge < -0.3 is 0 Å². The summed E-state index contributed by atoms with van der Waals surface area (Å²) >= 11 is 0. The average Bonchev–Trinajstić information content (AvgIpc) is 3.91. The van der Waals surface area contributed by atoms with Gasteiger partial charge in [0.05, 0.1) is 28.3 Å².